The molecule has 0 aliphatic carbocycles. The predicted octanol–water partition coefficient (Wildman–Crippen LogP) is 2.99. The first kappa shape index (κ1) is 17.0. The highest BCUT2D eigenvalue weighted by Crippen LogP contribution is 2.15. The molecule has 1 aromatic carbocycles. The van der Waals surface area contributed by atoms with E-state index in [1.807, 2.05) is 42.5 Å². The van der Waals surface area contributed by atoms with E-state index < -0.39 is 0 Å². The van der Waals surface area contributed by atoms with E-state index in [0.717, 1.165) is 24.3 Å². The highest BCUT2D eigenvalue weighted by atomic mass is 35.5. The van der Waals surface area contributed by atoms with E-state index >= 15 is 0 Å². The third kappa shape index (κ3) is 4.53. The molecule has 2 heterocycles. The Morgan fingerprint density at radius 3 is 2.30 bits per heavy atom. The van der Waals surface area contributed by atoms with E-state index in [-0.39, 0.29) is 12.4 Å². The van der Waals surface area contributed by atoms with E-state index in [9.17, 15) is 0 Å². The maximum absolute atomic E-state index is 6.13. The van der Waals surface area contributed by atoms with Crippen molar-refractivity contribution in [1.82, 2.24) is 9.88 Å². The molecule has 0 atom stereocenters. The van der Waals surface area contributed by atoms with Crippen LogP contribution in [0.4, 0.5) is 5.69 Å². The van der Waals surface area contributed by atoms with Crippen molar-refractivity contribution in [2.45, 2.75) is 12.8 Å². The number of halogens is 1. The van der Waals surface area contributed by atoms with Crippen molar-refractivity contribution in [1.29, 1.82) is 0 Å². The number of hydrogen-bond acceptors (Lipinski definition) is 2. The molecule has 0 spiro atoms. The number of aromatic nitrogens is 1. The SMILES string of the molecule is Cl.N/C(=N/C(=Nc1ccccc1)N1CCCC1)c1ccncc1. The number of hydrogen-bond donors (Lipinski definition) is 1. The highest BCUT2D eigenvalue weighted by Gasteiger charge is 2.16. The van der Waals surface area contributed by atoms with Gasteiger partial charge < -0.3 is 10.6 Å². The van der Waals surface area contributed by atoms with Crippen molar-refractivity contribution in [2.75, 3.05) is 13.1 Å². The first-order chi connectivity index (χ1) is 10.8. The normalized spacial score (nSPS) is 15.4. The zero-order valence-corrected chi connectivity index (χ0v) is 13.6. The molecule has 120 valence electrons. The fourth-order valence-corrected chi connectivity index (χ4v) is 2.40. The van der Waals surface area contributed by atoms with Crippen molar-refractivity contribution in [3.05, 3.63) is 60.4 Å². The zero-order valence-electron chi connectivity index (χ0n) is 12.8. The van der Waals surface area contributed by atoms with Crippen LogP contribution in [0.25, 0.3) is 0 Å². The molecule has 2 aromatic rings. The van der Waals surface area contributed by atoms with Gasteiger partial charge >= 0.3 is 0 Å². The summed E-state index contributed by atoms with van der Waals surface area (Å²) in [5.41, 5.74) is 7.87. The molecule has 1 aliphatic heterocycles. The lowest BCUT2D eigenvalue weighted by molar-refractivity contribution is 0.514. The second-order valence-electron chi connectivity index (χ2n) is 5.17. The molecule has 0 bridgehead atoms. The number of likely N-dealkylation sites (tertiary alicyclic amines) is 1. The molecule has 1 fully saturated rings. The van der Waals surface area contributed by atoms with Crippen molar-refractivity contribution >= 4 is 29.9 Å². The number of aliphatic imine (C=N–C) groups is 2. The molecule has 23 heavy (non-hydrogen) atoms. The summed E-state index contributed by atoms with van der Waals surface area (Å²) in [5.74, 6) is 1.14. The van der Waals surface area contributed by atoms with E-state index in [1.165, 1.54) is 12.8 Å². The summed E-state index contributed by atoms with van der Waals surface area (Å²) in [5, 5.41) is 0. The first-order valence-corrected chi connectivity index (χ1v) is 7.46. The minimum Gasteiger partial charge on any atom is -0.383 e. The Balaban J connectivity index is 0.00000192. The van der Waals surface area contributed by atoms with Crippen LogP contribution in [0, 0.1) is 0 Å². The monoisotopic (exact) mass is 329 g/mol. The first-order valence-electron chi connectivity index (χ1n) is 7.46. The van der Waals surface area contributed by atoms with Crippen LogP contribution in [-0.4, -0.2) is 34.8 Å². The number of amidine groups is 1. The van der Waals surface area contributed by atoms with Crippen LogP contribution >= 0.6 is 12.4 Å². The van der Waals surface area contributed by atoms with Crippen molar-refractivity contribution in [3.8, 4) is 0 Å². The molecule has 6 heteroatoms. The van der Waals surface area contributed by atoms with E-state index in [1.54, 1.807) is 12.4 Å². The Morgan fingerprint density at radius 1 is 1.00 bits per heavy atom. The Labute approximate surface area is 142 Å². The minimum absolute atomic E-state index is 0. The van der Waals surface area contributed by atoms with Crippen LogP contribution in [0.15, 0.2) is 64.8 Å². The third-order valence-corrected chi connectivity index (χ3v) is 3.57. The topological polar surface area (TPSA) is 66.9 Å². The van der Waals surface area contributed by atoms with Gasteiger partial charge in [-0.3, -0.25) is 4.98 Å². The van der Waals surface area contributed by atoms with Crippen LogP contribution < -0.4 is 5.73 Å². The standard InChI is InChI=1S/C17H19N5.ClH/c18-16(14-8-10-19-11-9-14)21-17(22-12-4-5-13-22)20-15-6-2-1-3-7-15;/h1-3,6-11H,4-5,12-13H2,(H2,18,20,21);1H. The van der Waals surface area contributed by atoms with Crippen molar-refractivity contribution in [3.63, 3.8) is 0 Å². The Kier molecular flexibility index (Phi) is 6.11. The Bertz CT molecular complexity index is 664. The lowest BCUT2D eigenvalue weighted by Crippen LogP contribution is -2.29. The zero-order chi connectivity index (χ0) is 15.2. The molecule has 5 nitrogen and oxygen atoms in total. The van der Waals surface area contributed by atoms with Crippen LogP contribution in [-0.2, 0) is 0 Å². The van der Waals surface area contributed by atoms with Crippen molar-refractivity contribution < 1.29 is 0 Å². The lowest BCUT2D eigenvalue weighted by Gasteiger charge is -2.17. The van der Waals surface area contributed by atoms with Crippen LogP contribution in [0.3, 0.4) is 0 Å². The molecular weight excluding hydrogens is 310 g/mol. The smallest absolute Gasteiger partial charge is 0.227 e. The summed E-state index contributed by atoms with van der Waals surface area (Å²) in [6, 6.07) is 13.5. The summed E-state index contributed by atoms with van der Waals surface area (Å²) in [6.45, 7) is 1.94. The molecule has 0 saturated carbocycles. The molecular formula is C17H20ClN5. The van der Waals surface area contributed by atoms with Gasteiger partial charge in [-0.25, -0.2) is 4.99 Å². The fourth-order valence-electron chi connectivity index (χ4n) is 2.40. The quantitative estimate of drug-likeness (QED) is 0.680. The molecule has 0 amide bonds. The molecule has 0 radical (unpaired) electrons. The maximum Gasteiger partial charge on any atom is 0.227 e. The number of guanidine groups is 1. The minimum atomic E-state index is 0. The highest BCUT2D eigenvalue weighted by molar-refractivity contribution is 6.05. The van der Waals surface area contributed by atoms with E-state index in [2.05, 4.69) is 19.9 Å². The molecule has 0 unspecified atom stereocenters. The van der Waals surface area contributed by atoms with Gasteiger partial charge in [0.2, 0.25) is 5.96 Å². The van der Waals surface area contributed by atoms with Gasteiger partial charge in [-0.15, -0.1) is 12.4 Å². The molecule has 3 rings (SSSR count). The number of benzene rings is 1. The summed E-state index contributed by atoms with van der Waals surface area (Å²) >= 11 is 0. The lowest BCUT2D eigenvalue weighted by atomic mass is 10.2. The summed E-state index contributed by atoms with van der Waals surface area (Å²) in [6.07, 6.45) is 5.75. The van der Waals surface area contributed by atoms with Crippen molar-refractivity contribution in [2.24, 2.45) is 15.7 Å². The summed E-state index contributed by atoms with van der Waals surface area (Å²) in [4.78, 5) is 15.4. The number of nitrogens with two attached hydrogens (primary N) is 1. The number of pyridine rings is 1. The van der Waals surface area contributed by atoms with Gasteiger partial charge in [-0.2, -0.15) is 4.99 Å². The number of para-hydroxylation sites is 1. The van der Waals surface area contributed by atoms with Crippen LogP contribution in [0.1, 0.15) is 18.4 Å². The summed E-state index contributed by atoms with van der Waals surface area (Å²) < 4.78 is 0. The molecule has 1 saturated heterocycles. The van der Waals surface area contributed by atoms with Gasteiger partial charge in [0.25, 0.3) is 0 Å². The van der Waals surface area contributed by atoms with Gasteiger partial charge in [0, 0.05) is 31.0 Å². The predicted molar refractivity (Wildman–Crippen MR) is 96.6 cm³/mol. The van der Waals surface area contributed by atoms with Gasteiger partial charge in [-0.05, 0) is 37.1 Å². The van der Waals surface area contributed by atoms with Gasteiger partial charge in [-0.1, -0.05) is 18.2 Å². The number of nitrogens with zero attached hydrogens (tertiary/aromatic N) is 4. The molecule has 1 aliphatic rings. The molecule has 2 N–H and O–H groups in total. The fraction of sp³-hybridized carbons (Fsp3) is 0.235. The van der Waals surface area contributed by atoms with Crippen LogP contribution in [0.2, 0.25) is 0 Å². The second-order valence-corrected chi connectivity index (χ2v) is 5.17. The summed E-state index contributed by atoms with van der Waals surface area (Å²) in [7, 11) is 0. The maximum atomic E-state index is 6.13. The van der Waals surface area contributed by atoms with Gasteiger partial charge in [0.05, 0.1) is 5.69 Å². The van der Waals surface area contributed by atoms with Crippen LogP contribution in [0.5, 0.6) is 0 Å². The van der Waals surface area contributed by atoms with Gasteiger partial charge in [0.15, 0.2) is 0 Å². The van der Waals surface area contributed by atoms with Gasteiger partial charge in [0.1, 0.15) is 5.84 Å². The molecule has 1 aromatic heterocycles. The average Bonchev–Trinajstić information content (AvgIpc) is 3.10. The van der Waals surface area contributed by atoms with E-state index in [0.29, 0.717) is 11.8 Å². The Hall–Kier alpha value is -2.40. The average molecular weight is 330 g/mol. The second kappa shape index (κ2) is 8.29. The van der Waals surface area contributed by atoms with E-state index in [4.69, 9.17) is 5.73 Å². The largest absolute Gasteiger partial charge is 0.383 e. The Morgan fingerprint density at radius 2 is 1.65 bits per heavy atom. The third-order valence-electron chi connectivity index (χ3n) is 3.57. The number of rotatable bonds is 2.